The fourth-order valence-corrected chi connectivity index (χ4v) is 3.99. The summed E-state index contributed by atoms with van der Waals surface area (Å²) in [6.07, 6.45) is 8.08. The van der Waals surface area contributed by atoms with Crippen LogP contribution in [0, 0.1) is 5.92 Å². The Hall–Kier alpha value is -0.610. The second-order valence-corrected chi connectivity index (χ2v) is 6.55. The van der Waals surface area contributed by atoms with Gasteiger partial charge in [-0.3, -0.25) is 4.79 Å². The van der Waals surface area contributed by atoms with E-state index in [9.17, 15) is 4.79 Å². The van der Waals surface area contributed by atoms with Crippen LogP contribution < -0.4 is 5.32 Å². The molecule has 1 saturated heterocycles. The summed E-state index contributed by atoms with van der Waals surface area (Å²) in [6.45, 7) is 9.05. The van der Waals surface area contributed by atoms with Crippen molar-refractivity contribution in [2.24, 2.45) is 5.92 Å². The van der Waals surface area contributed by atoms with Gasteiger partial charge in [-0.1, -0.05) is 13.3 Å². The minimum atomic E-state index is -0.411. The molecule has 122 valence electrons. The molecule has 0 amide bonds. The van der Waals surface area contributed by atoms with Crippen LogP contribution >= 0.6 is 0 Å². The summed E-state index contributed by atoms with van der Waals surface area (Å²) in [6, 6.07) is 0. The molecule has 1 aliphatic heterocycles. The van der Waals surface area contributed by atoms with Gasteiger partial charge >= 0.3 is 5.97 Å². The van der Waals surface area contributed by atoms with Gasteiger partial charge in [-0.05, 0) is 77.5 Å². The molecular formula is C17H32N2O2. The van der Waals surface area contributed by atoms with Gasteiger partial charge in [-0.2, -0.15) is 0 Å². The molecule has 1 N–H and O–H groups in total. The smallest absolute Gasteiger partial charge is 0.326 e. The topological polar surface area (TPSA) is 41.6 Å². The van der Waals surface area contributed by atoms with Gasteiger partial charge in [0.05, 0.1) is 6.61 Å². The van der Waals surface area contributed by atoms with Crippen molar-refractivity contribution in [2.45, 2.75) is 64.3 Å². The number of nitrogens with one attached hydrogen (secondary N) is 1. The monoisotopic (exact) mass is 296 g/mol. The zero-order valence-corrected chi connectivity index (χ0v) is 13.8. The molecule has 0 aromatic rings. The highest BCUT2D eigenvalue weighted by atomic mass is 16.5. The number of hydrogen-bond donors (Lipinski definition) is 1. The fraction of sp³-hybridized carbons (Fsp3) is 0.941. The third-order valence-corrected chi connectivity index (χ3v) is 5.14. The highest BCUT2D eigenvalue weighted by molar-refractivity contribution is 5.81. The van der Waals surface area contributed by atoms with Crippen LogP contribution in [-0.4, -0.2) is 49.2 Å². The van der Waals surface area contributed by atoms with Crippen LogP contribution in [0.5, 0.6) is 0 Å². The molecule has 0 spiro atoms. The van der Waals surface area contributed by atoms with Gasteiger partial charge in [-0.15, -0.1) is 0 Å². The number of rotatable bonds is 8. The summed E-state index contributed by atoms with van der Waals surface area (Å²) in [7, 11) is 0. The van der Waals surface area contributed by atoms with E-state index >= 15 is 0 Å². The van der Waals surface area contributed by atoms with Crippen LogP contribution in [0.4, 0.5) is 0 Å². The van der Waals surface area contributed by atoms with E-state index in [1.165, 1.54) is 25.9 Å². The maximum atomic E-state index is 12.6. The maximum Gasteiger partial charge on any atom is 0.326 e. The van der Waals surface area contributed by atoms with E-state index in [0.717, 1.165) is 45.2 Å². The lowest BCUT2D eigenvalue weighted by atomic mass is 9.84. The van der Waals surface area contributed by atoms with Gasteiger partial charge in [-0.25, -0.2) is 0 Å². The molecular weight excluding hydrogens is 264 g/mol. The summed E-state index contributed by atoms with van der Waals surface area (Å²) in [5.41, 5.74) is -0.411. The summed E-state index contributed by atoms with van der Waals surface area (Å²) in [4.78, 5) is 15.1. The van der Waals surface area contributed by atoms with Crippen LogP contribution in [0.1, 0.15) is 58.8 Å². The molecule has 2 rings (SSSR count). The van der Waals surface area contributed by atoms with Crippen molar-refractivity contribution in [3.05, 3.63) is 0 Å². The second-order valence-electron chi connectivity index (χ2n) is 6.55. The normalized spacial score (nSPS) is 29.9. The quantitative estimate of drug-likeness (QED) is 0.699. The molecule has 0 bridgehead atoms. The predicted molar refractivity (Wildman–Crippen MR) is 85.3 cm³/mol. The molecule has 1 saturated carbocycles. The Kier molecular flexibility index (Phi) is 6.49. The summed E-state index contributed by atoms with van der Waals surface area (Å²) in [5.74, 6) is 0.422. The molecule has 4 heteroatoms. The number of ether oxygens (including phenoxy) is 1. The lowest BCUT2D eigenvalue weighted by molar-refractivity contribution is -0.153. The Balaban J connectivity index is 1.99. The summed E-state index contributed by atoms with van der Waals surface area (Å²) < 4.78 is 5.41. The van der Waals surface area contributed by atoms with Crippen molar-refractivity contribution in [2.75, 3.05) is 32.8 Å². The summed E-state index contributed by atoms with van der Waals surface area (Å²) in [5, 5.41) is 3.56. The van der Waals surface area contributed by atoms with Crippen LogP contribution in [0.15, 0.2) is 0 Å². The second kappa shape index (κ2) is 8.14. The molecule has 1 aliphatic carbocycles. The number of likely N-dealkylation sites (tertiary alicyclic amines) is 1. The van der Waals surface area contributed by atoms with Crippen molar-refractivity contribution in [3.8, 4) is 0 Å². The number of carbonyl (C=O) groups excluding carboxylic acids is 1. The van der Waals surface area contributed by atoms with Crippen molar-refractivity contribution >= 4 is 5.97 Å². The molecule has 1 heterocycles. The Morgan fingerprint density at radius 1 is 1.29 bits per heavy atom. The lowest BCUT2D eigenvalue weighted by Gasteiger charge is -2.35. The number of esters is 1. The molecule has 21 heavy (non-hydrogen) atoms. The van der Waals surface area contributed by atoms with Crippen molar-refractivity contribution < 1.29 is 9.53 Å². The summed E-state index contributed by atoms with van der Waals surface area (Å²) >= 11 is 0. The highest BCUT2D eigenvalue weighted by Crippen LogP contribution is 2.39. The number of carbonyl (C=O) groups is 1. The molecule has 0 aromatic carbocycles. The van der Waals surface area contributed by atoms with Gasteiger partial charge in [0.1, 0.15) is 5.54 Å². The van der Waals surface area contributed by atoms with Crippen LogP contribution in [0.3, 0.4) is 0 Å². The molecule has 4 nitrogen and oxygen atoms in total. The Morgan fingerprint density at radius 2 is 2.05 bits per heavy atom. The third-order valence-electron chi connectivity index (χ3n) is 5.14. The lowest BCUT2D eigenvalue weighted by Crippen LogP contribution is -2.56. The SMILES string of the molecule is CCCNC1(C(=O)OCC)CCCC1CCN1CCCC1. The first kappa shape index (κ1) is 16.8. The fourth-order valence-electron chi connectivity index (χ4n) is 3.99. The van der Waals surface area contributed by atoms with E-state index in [2.05, 4.69) is 17.1 Å². The zero-order valence-electron chi connectivity index (χ0n) is 13.8. The Labute approximate surface area is 129 Å². The van der Waals surface area contributed by atoms with Gasteiger partial charge in [0.25, 0.3) is 0 Å². The molecule has 2 unspecified atom stereocenters. The minimum absolute atomic E-state index is 0.0117. The van der Waals surface area contributed by atoms with E-state index in [0.29, 0.717) is 12.5 Å². The first-order valence-corrected chi connectivity index (χ1v) is 8.87. The van der Waals surface area contributed by atoms with Crippen molar-refractivity contribution in [1.29, 1.82) is 0 Å². The standard InChI is InChI=1S/C17H32N2O2/c1-3-11-18-17(16(20)21-4-2)10-7-8-15(17)9-14-19-12-5-6-13-19/h15,18H,3-14H2,1-2H3. The zero-order chi connectivity index (χ0) is 15.1. The minimum Gasteiger partial charge on any atom is -0.465 e. The van der Waals surface area contributed by atoms with Crippen molar-refractivity contribution in [3.63, 3.8) is 0 Å². The molecule has 2 fully saturated rings. The van der Waals surface area contributed by atoms with Gasteiger partial charge < -0.3 is 15.0 Å². The van der Waals surface area contributed by atoms with E-state index in [-0.39, 0.29) is 5.97 Å². The molecule has 2 aliphatic rings. The highest BCUT2D eigenvalue weighted by Gasteiger charge is 2.49. The molecule has 2 atom stereocenters. The Morgan fingerprint density at radius 3 is 2.71 bits per heavy atom. The van der Waals surface area contributed by atoms with E-state index in [4.69, 9.17) is 4.74 Å². The third kappa shape index (κ3) is 3.98. The van der Waals surface area contributed by atoms with Crippen LogP contribution in [0.25, 0.3) is 0 Å². The first-order valence-electron chi connectivity index (χ1n) is 8.87. The number of nitrogens with zero attached hydrogens (tertiary/aromatic N) is 1. The maximum absolute atomic E-state index is 12.6. The Bertz CT molecular complexity index is 329. The predicted octanol–water partition coefficient (Wildman–Crippen LogP) is 2.57. The molecule has 0 radical (unpaired) electrons. The van der Waals surface area contributed by atoms with Crippen LogP contribution in [-0.2, 0) is 9.53 Å². The first-order chi connectivity index (χ1) is 10.2. The van der Waals surface area contributed by atoms with Crippen LogP contribution in [0.2, 0.25) is 0 Å². The van der Waals surface area contributed by atoms with Gasteiger partial charge in [0.15, 0.2) is 0 Å². The van der Waals surface area contributed by atoms with E-state index < -0.39 is 5.54 Å². The van der Waals surface area contributed by atoms with E-state index in [1.54, 1.807) is 0 Å². The largest absolute Gasteiger partial charge is 0.465 e. The number of hydrogen-bond acceptors (Lipinski definition) is 4. The molecule has 0 aromatic heterocycles. The van der Waals surface area contributed by atoms with Crippen molar-refractivity contribution in [1.82, 2.24) is 10.2 Å². The van der Waals surface area contributed by atoms with Gasteiger partial charge in [0, 0.05) is 0 Å². The average molecular weight is 296 g/mol. The van der Waals surface area contributed by atoms with Gasteiger partial charge in [0.2, 0.25) is 0 Å². The average Bonchev–Trinajstić information content (AvgIpc) is 3.13. The van der Waals surface area contributed by atoms with E-state index in [1.807, 2.05) is 6.92 Å².